The molecule has 3 unspecified atom stereocenters. The number of carbonyl (C=O) groups excluding carboxylic acids is 2. The summed E-state index contributed by atoms with van der Waals surface area (Å²) in [6, 6.07) is 15.6. The summed E-state index contributed by atoms with van der Waals surface area (Å²) >= 11 is 0. The van der Waals surface area contributed by atoms with Gasteiger partial charge in [-0.1, -0.05) is 54.4 Å². The van der Waals surface area contributed by atoms with E-state index in [0.29, 0.717) is 12.1 Å². The van der Waals surface area contributed by atoms with Gasteiger partial charge in [-0.25, -0.2) is 5.43 Å². The monoisotopic (exact) mass is 488 g/mol. The lowest BCUT2D eigenvalue weighted by Gasteiger charge is -2.41. The van der Waals surface area contributed by atoms with Gasteiger partial charge in [-0.2, -0.15) is 0 Å². The Kier molecular flexibility index (Phi) is 6.64. The Balaban J connectivity index is 1.40. The molecule has 8 nitrogen and oxygen atoms in total. The second-order valence-corrected chi connectivity index (χ2v) is 10.3. The number of amides is 2. The predicted octanol–water partition coefficient (Wildman–Crippen LogP) is 4.23. The molecule has 0 spiro atoms. The van der Waals surface area contributed by atoms with Gasteiger partial charge in [-0.15, -0.1) is 0 Å². The van der Waals surface area contributed by atoms with Crippen molar-refractivity contribution in [2.45, 2.75) is 57.7 Å². The van der Waals surface area contributed by atoms with Crippen molar-refractivity contribution in [1.82, 2.24) is 16.0 Å². The largest absolute Gasteiger partial charge is 0.386 e. The Morgan fingerprint density at radius 1 is 1.11 bits per heavy atom. The molecular weight excluding hydrogens is 456 g/mol. The Morgan fingerprint density at radius 3 is 2.50 bits per heavy atom. The summed E-state index contributed by atoms with van der Waals surface area (Å²) < 4.78 is 4.91. The van der Waals surface area contributed by atoms with Gasteiger partial charge in [0.25, 0.3) is 5.91 Å². The molecule has 188 valence electrons. The van der Waals surface area contributed by atoms with E-state index in [1.807, 2.05) is 48.5 Å². The van der Waals surface area contributed by atoms with Gasteiger partial charge in [-0.05, 0) is 61.4 Å². The van der Waals surface area contributed by atoms with E-state index in [-0.39, 0.29) is 29.7 Å². The highest BCUT2D eigenvalue weighted by molar-refractivity contribution is 6.05. The summed E-state index contributed by atoms with van der Waals surface area (Å²) in [5, 5.41) is 14.0. The standard InChI is InChI=1S/C28H32N4O4/c1-28(2,35)21-11-7-18(8-12-21)16-32(27(34)20-15-29-36-17-20)22-13-9-19(10-14-22)25-23-5-3-4-6-24(23)26(33)31-30-25/h7-15,17,23-25,30,35H,3-6,16H2,1-2H3,(H,31,33). The number of rotatable bonds is 6. The number of hydrazine groups is 1. The van der Waals surface area contributed by atoms with Crippen LogP contribution < -0.4 is 15.8 Å². The highest BCUT2D eigenvalue weighted by Gasteiger charge is 2.40. The minimum absolute atomic E-state index is 0.0404. The number of anilines is 1. The molecule has 36 heavy (non-hydrogen) atoms. The van der Waals surface area contributed by atoms with E-state index in [0.717, 1.165) is 48.1 Å². The van der Waals surface area contributed by atoms with Crippen molar-refractivity contribution in [3.05, 3.63) is 83.2 Å². The quantitative estimate of drug-likeness (QED) is 0.479. The van der Waals surface area contributed by atoms with Gasteiger partial charge in [0, 0.05) is 11.6 Å². The first-order valence-electron chi connectivity index (χ1n) is 12.5. The molecule has 2 aliphatic rings. The van der Waals surface area contributed by atoms with Crippen molar-refractivity contribution in [3.63, 3.8) is 0 Å². The number of nitrogens with one attached hydrogen (secondary N) is 2. The zero-order chi connectivity index (χ0) is 25.3. The van der Waals surface area contributed by atoms with Crippen LogP contribution in [0.4, 0.5) is 5.69 Å². The van der Waals surface area contributed by atoms with E-state index >= 15 is 0 Å². The number of nitrogens with zero attached hydrogens (tertiary/aromatic N) is 2. The third-order valence-electron chi connectivity index (χ3n) is 7.42. The second kappa shape index (κ2) is 9.87. The maximum Gasteiger partial charge on any atom is 0.263 e. The first-order valence-corrected chi connectivity index (χ1v) is 12.5. The fourth-order valence-corrected chi connectivity index (χ4v) is 5.37. The van der Waals surface area contributed by atoms with Crippen LogP contribution in [0.2, 0.25) is 0 Å². The van der Waals surface area contributed by atoms with Crippen LogP contribution in [0.1, 0.15) is 72.6 Å². The Bertz CT molecular complexity index is 1200. The van der Waals surface area contributed by atoms with Crippen molar-refractivity contribution in [2.24, 2.45) is 11.8 Å². The average Bonchev–Trinajstić information content (AvgIpc) is 3.43. The SMILES string of the molecule is CC(C)(O)c1ccc(CN(C(=O)c2cnoc2)c2ccc(C3NNC(=O)C4CCCCC43)cc2)cc1. The van der Waals surface area contributed by atoms with Crippen molar-refractivity contribution in [2.75, 3.05) is 4.90 Å². The van der Waals surface area contributed by atoms with Crippen LogP contribution in [0.25, 0.3) is 0 Å². The molecule has 3 aromatic rings. The number of aromatic nitrogens is 1. The molecular formula is C28H32N4O4. The van der Waals surface area contributed by atoms with E-state index < -0.39 is 5.60 Å². The maximum absolute atomic E-state index is 13.4. The molecule has 5 rings (SSSR count). The van der Waals surface area contributed by atoms with E-state index in [2.05, 4.69) is 16.0 Å². The minimum Gasteiger partial charge on any atom is -0.386 e. The van der Waals surface area contributed by atoms with Crippen LogP contribution in [0.5, 0.6) is 0 Å². The molecule has 3 atom stereocenters. The highest BCUT2D eigenvalue weighted by Crippen LogP contribution is 2.41. The minimum atomic E-state index is -0.934. The molecule has 2 aromatic carbocycles. The smallest absolute Gasteiger partial charge is 0.263 e. The van der Waals surface area contributed by atoms with E-state index in [1.54, 1.807) is 18.7 Å². The summed E-state index contributed by atoms with van der Waals surface area (Å²) in [7, 11) is 0. The van der Waals surface area contributed by atoms with Gasteiger partial charge in [0.2, 0.25) is 5.91 Å². The molecule has 1 aliphatic carbocycles. The summed E-state index contributed by atoms with van der Waals surface area (Å²) in [6.45, 7) is 3.83. The van der Waals surface area contributed by atoms with Crippen molar-refractivity contribution in [3.8, 4) is 0 Å². The summed E-state index contributed by atoms with van der Waals surface area (Å²) in [5.41, 5.74) is 9.08. The molecule has 2 fully saturated rings. The molecule has 0 radical (unpaired) electrons. The van der Waals surface area contributed by atoms with Gasteiger partial charge in [0.1, 0.15) is 6.26 Å². The van der Waals surface area contributed by atoms with Crippen molar-refractivity contribution in [1.29, 1.82) is 0 Å². The third kappa shape index (κ3) is 4.92. The van der Waals surface area contributed by atoms with E-state index in [4.69, 9.17) is 4.52 Å². The second-order valence-electron chi connectivity index (χ2n) is 10.3. The van der Waals surface area contributed by atoms with E-state index in [1.165, 1.54) is 12.5 Å². The Hall–Kier alpha value is -3.49. The van der Waals surface area contributed by atoms with Gasteiger partial charge in [-0.3, -0.25) is 15.0 Å². The fraction of sp³-hybridized carbons (Fsp3) is 0.393. The highest BCUT2D eigenvalue weighted by atomic mass is 16.5. The van der Waals surface area contributed by atoms with Crippen LogP contribution in [0, 0.1) is 11.8 Å². The summed E-state index contributed by atoms with van der Waals surface area (Å²) in [6.07, 6.45) is 6.95. The van der Waals surface area contributed by atoms with Crippen molar-refractivity contribution < 1.29 is 19.2 Å². The third-order valence-corrected chi connectivity index (χ3v) is 7.42. The van der Waals surface area contributed by atoms with Crippen molar-refractivity contribution >= 4 is 17.5 Å². The molecule has 2 heterocycles. The lowest BCUT2D eigenvalue weighted by molar-refractivity contribution is -0.133. The average molecular weight is 489 g/mol. The van der Waals surface area contributed by atoms with Crippen LogP contribution in [0.15, 0.2) is 65.5 Å². The van der Waals surface area contributed by atoms with Gasteiger partial charge < -0.3 is 14.5 Å². The van der Waals surface area contributed by atoms with Crippen LogP contribution in [-0.2, 0) is 16.9 Å². The fourth-order valence-electron chi connectivity index (χ4n) is 5.37. The predicted molar refractivity (Wildman–Crippen MR) is 135 cm³/mol. The number of hydrogen-bond acceptors (Lipinski definition) is 6. The molecule has 3 N–H and O–H groups in total. The molecule has 1 saturated carbocycles. The lowest BCUT2D eigenvalue weighted by atomic mass is 9.72. The zero-order valence-electron chi connectivity index (χ0n) is 20.6. The van der Waals surface area contributed by atoms with Gasteiger partial charge >= 0.3 is 0 Å². The molecule has 8 heteroatoms. The zero-order valence-corrected chi connectivity index (χ0v) is 20.6. The number of hydrogen-bond donors (Lipinski definition) is 3. The Morgan fingerprint density at radius 2 is 1.83 bits per heavy atom. The number of carbonyl (C=O) groups is 2. The number of benzene rings is 2. The first-order chi connectivity index (χ1) is 17.3. The normalized spacial score (nSPS) is 22.0. The van der Waals surface area contributed by atoms with Crippen LogP contribution in [-0.4, -0.2) is 22.1 Å². The molecule has 1 aromatic heterocycles. The molecule has 1 saturated heterocycles. The summed E-state index contributed by atoms with van der Waals surface area (Å²) in [5.74, 6) is 0.185. The Labute approximate surface area is 210 Å². The van der Waals surface area contributed by atoms with Crippen LogP contribution in [0.3, 0.4) is 0 Å². The number of aliphatic hydroxyl groups is 1. The lowest BCUT2D eigenvalue weighted by Crippen LogP contribution is -2.55. The van der Waals surface area contributed by atoms with Gasteiger partial charge in [0.15, 0.2) is 0 Å². The number of fused-ring (bicyclic) bond motifs is 1. The molecule has 0 bridgehead atoms. The van der Waals surface area contributed by atoms with Gasteiger partial charge in [0.05, 0.1) is 29.9 Å². The summed E-state index contributed by atoms with van der Waals surface area (Å²) in [4.78, 5) is 27.4. The topological polar surface area (TPSA) is 108 Å². The molecule has 1 aliphatic heterocycles. The molecule has 2 amide bonds. The first kappa shape index (κ1) is 24.2. The van der Waals surface area contributed by atoms with Crippen LogP contribution >= 0.6 is 0 Å². The van der Waals surface area contributed by atoms with E-state index in [9.17, 15) is 14.7 Å². The maximum atomic E-state index is 13.4.